The van der Waals surface area contributed by atoms with E-state index in [0.717, 1.165) is 12.8 Å². The van der Waals surface area contributed by atoms with E-state index < -0.39 is 11.4 Å². The summed E-state index contributed by atoms with van der Waals surface area (Å²) in [5.74, 6) is -0.959. The first-order valence-electron chi connectivity index (χ1n) is 6.92. The molecule has 1 saturated carbocycles. The van der Waals surface area contributed by atoms with E-state index in [9.17, 15) is 14.7 Å². The molecule has 6 heteroatoms. The van der Waals surface area contributed by atoms with Crippen molar-refractivity contribution in [3.63, 3.8) is 0 Å². The van der Waals surface area contributed by atoms with Gasteiger partial charge in [-0.25, -0.2) is 0 Å². The van der Waals surface area contributed by atoms with Crippen molar-refractivity contribution in [3.05, 3.63) is 33.8 Å². The number of hydrogen-bond donors (Lipinski definition) is 1. The SMILES string of the molecule is O=C(c1ccc(Cl)cc1Cl)N1C[C@@H]2CCC[C@@]2(C(=O)O)C1. The Bertz CT molecular complexity index is 619. The molecule has 21 heavy (non-hydrogen) atoms. The van der Waals surface area contributed by atoms with Crippen molar-refractivity contribution >= 4 is 35.1 Å². The summed E-state index contributed by atoms with van der Waals surface area (Å²) in [5.41, 5.74) is -0.393. The molecule has 1 saturated heterocycles. The van der Waals surface area contributed by atoms with Crippen LogP contribution in [0.25, 0.3) is 0 Å². The van der Waals surface area contributed by atoms with Gasteiger partial charge in [0.2, 0.25) is 0 Å². The number of hydrogen-bond acceptors (Lipinski definition) is 2. The molecule has 1 aliphatic heterocycles. The smallest absolute Gasteiger partial charge is 0.311 e. The van der Waals surface area contributed by atoms with Gasteiger partial charge in [-0.1, -0.05) is 29.6 Å². The molecule has 1 aromatic rings. The van der Waals surface area contributed by atoms with Gasteiger partial charge in [-0.15, -0.1) is 0 Å². The fourth-order valence-corrected chi connectivity index (χ4v) is 4.12. The lowest BCUT2D eigenvalue weighted by Gasteiger charge is -2.23. The lowest BCUT2D eigenvalue weighted by Crippen LogP contribution is -2.37. The molecular weight excluding hydrogens is 313 g/mol. The van der Waals surface area contributed by atoms with Crippen LogP contribution in [0.4, 0.5) is 0 Å². The number of halogens is 2. The molecule has 1 amide bonds. The van der Waals surface area contributed by atoms with Crippen LogP contribution in [0.2, 0.25) is 10.0 Å². The second-order valence-corrected chi connectivity index (χ2v) is 6.70. The number of aliphatic carboxylic acids is 1. The van der Waals surface area contributed by atoms with Gasteiger partial charge in [0.1, 0.15) is 0 Å². The van der Waals surface area contributed by atoms with Gasteiger partial charge in [0.05, 0.1) is 16.0 Å². The standard InChI is InChI=1S/C15H15Cl2NO3/c16-10-3-4-11(12(17)6-10)13(19)18-7-9-2-1-5-15(9,8-18)14(20)21/h3-4,6,9H,1-2,5,7-8H2,(H,20,21)/t9-,15+/m0/s1. The van der Waals surface area contributed by atoms with E-state index in [-0.39, 0.29) is 18.4 Å². The predicted molar refractivity (Wildman–Crippen MR) is 79.8 cm³/mol. The van der Waals surface area contributed by atoms with Crippen LogP contribution >= 0.6 is 23.2 Å². The molecule has 0 aromatic heterocycles. The fraction of sp³-hybridized carbons (Fsp3) is 0.467. The van der Waals surface area contributed by atoms with Gasteiger partial charge in [0.25, 0.3) is 5.91 Å². The summed E-state index contributed by atoms with van der Waals surface area (Å²) in [6.07, 6.45) is 2.43. The van der Waals surface area contributed by atoms with Crippen molar-refractivity contribution in [2.75, 3.05) is 13.1 Å². The molecule has 1 aromatic carbocycles. The summed E-state index contributed by atoms with van der Waals surface area (Å²) in [5, 5.41) is 10.3. The Kier molecular flexibility index (Phi) is 3.62. The van der Waals surface area contributed by atoms with E-state index in [0.29, 0.717) is 28.6 Å². The summed E-state index contributed by atoms with van der Waals surface area (Å²) in [7, 11) is 0. The van der Waals surface area contributed by atoms with Gasteiger partial charge in [0, 0.05) is 18.1 Å². The largest absolute Gasteiger partial charge is 0.481 e. The average molecular weight is 328 g/mol. The molecule has 0 spiro atoms. The zero-order valence-electron chi connectivity index (χ0n) is 11.3. The highest BCUT2D eigenvalue weighted by Crippen LogP contribution is 2.49. The Hall–Kier alpha value is -1.26. The van der Waals surface area contributed by atoms with Crippen LogP contribution in [-0.4, -0.2) is 35.0 Å². The number of carbonyl (C=O) groups is 2. The van der Waals surface area contributed by atoms with Gasteiger partial charge in [-0.05, 0) is 37.0 Å². The lowest BCUT2D eigenvalue weighted by molar-refractivity contribution is -0.149. The van der Waals surface area contributed by atoms with Gasteiger partial charge in [-0.3, -0.25) is 9.59 Å². The summed E-state index contributed by atoms with van der Waals surface area (Å²) >= 11 is 11.9. The van der Waals surface area contributed by atoms with Gasteiger partial charge in [0.15, 0.2) is 0 Å². The fourth-order valence-electron chi connectivity index (χ4n) is 3.63. The average Bonchev–Trinajstić information content (AvgIpc) is 2.95. The first kappa shape index (κ1) is 14.7. The third kappa shape index (κ3) is 2.30. The second-order valence-electron chi connectivity index (χ2n) is 5.86. The molecule has 4 nitrogen and oxygen atoms in total. The van der Waals surface area contributed by atoms with Crippen LogP contribution in [0.3, 0.4) is 0 Å². The maximum Gasteiger partial charge on any atom is 0.311 e. The van der Waals surface area contributed by atoms with Crippen LogP contribution in [0, 0.1) is 11.3 Å². The zero-order valence-corrected chi connectivity index (χ0v) is 12.8. The number of likely N-dealkylation sites (tertiary alicyclic amines) is 1. The summed E-state index contributed by atoms with van der Waals surface area (Å²) < 4.78 is 0. The van der Waals surface area contributed by atoms with E-state index in [1.165, 1.54) is 6.07 Å². The third-order valence-electron chi connectivity index (χ3n) is 4.75. The number of carbonyl (C=O) groups excluding carboxylic acids is 1. The number of rotatable bonds is 2. The molecule has 1 aliphatic carbocycles. The molecule has 0 bridgehead atoms. The highest BCUT2D eigenvalue weighted by atomic mass is 35.5. The zero-order chi connectivity index (χ0) is 15.2. The maximum atomic E-state index is 12.6. The Balaban J connectivity index is 1.86. The molecule has 0 unspecified atom stereocenters. The summed E-state index contributed by atoms with van der Waals surface area (Å²) in [6, 6.07) is 4.74. The second kappa shape index (κ2) is 5.18. The number of amides is 1. The van der Waals surface area contributed by atoms with Crippen molar-refractivity contribution < 1.29 is 14.7 Å². The molecule has 1 heterocycles. The molecule has 2 aliphatic rings. The van der Waals surface area contributed by atoms with Crippen LogP contribution in [-0.2, 0) is 4.79 Å². The third-order valence-corrected chi connectivity index (χ3v) is 5.29. The number of fused-ring (bicyclic) bond motifs is 1. The van der Waals surface area contributed by atoms with E-state index in [1.807, 2.05) is 0 Å². The monoisotopic (exact) mass is 327 g/mol. The molecule has 1 N–H and O–H groups in total. The highest BCUT2D eigenvalue weighted by molar-refractivity contribution is 6.36. The van der Waals surface area contributed by atoms with E-state index in [1.54, 1.807) is 17.0 Å². The van der Waals surface area contributed by atoms with Crippen LogP contribution in [0.5, 0.6) is 0 Å². The summed E-state index contributed by atoms with van der Waals surface area (Å²) in [6.45, 7) is 0.759. The van der Waals surface area contributed by atoms with Gasteiger partial charge >= 0.3 is 5.97 Å². The minimum atomic E-state index is -0.789. The van der Waals surface area contributed by atoms with Gasteiger partial charge < -0.3 is 10.0 Å². The van der Waals surface area contributed by atoms with Crippen LogP contribution in [0.15, 0.2) is 18.2 Å². The molecule has 2 fully saturated rings. The van der Waals surface area contributed by atoms with Gasteiger partial charge in [-0.2, -0.15) is 0 Å². The predicted octanol–water partition coefficient (Wildman–Crippen LogP) is 3.32. The Morgan fingerprint density at radius 1 is 1.33 bits per heavy atom. The normalized spacial score (nSPS) is 27.7. The maximum absolute atomic E-state index is 12.6. The Labute approximate surface area is 132 Å². The summed E-state index contributed by atoms with van der Waals surface area (Å²) in [4.78, 5) is 25.8. The molecular formula is C15H15Cl2NO3. The topological polar surface area (TPSA) is 57.6 Å². The minimum absolute atomic E-state index is 0.0463. The molecule has 0 radical (unpaired) electrons. The first-order valence-corrected chi connectivity index (χ1v) is 7.67. The number of carboxylic acids is 1. The number of carboxylic acid groups (broad SMARTS) is 1. The van der Waals surface area contributed by atoms with Crippen molar-refractivity contribution in [2.24, 2.45) is 11.3 Å². The molecule has 112 valence electrons. The van der Waals surface area contributed by atoms with E-state index in [4.69, 9.17) is 23.2 Å². The number of benzene rings is 1. The Morgan fingerprint density at radius 2 is 2.10 bits per heavy atom. The lowest BCUT2D eigenvalue weighted by atomic mass is 9.81. The first-order chi connectivity index (χ1) is 9.94. The minimum Gasteiger partial charge on any atom is -0.481 e. The van der Waals surface area contributed by atoms with E-state index in [2.05, 4.69) is 0 Å². The molecule has 3 rings (SSSR count). The van der Waals surface area contributed by atoms with Crippen molar-refractivity contribution in [1.29, 1.82) is 0 Å². The van der Waals surface area contributed by atoms with Crippen molar-refractivity contribution in [1.82, 2.24) is 4.90 Å². The quantitative estimate of drug-likeness (QED) is 0.906. The molecule has 2 atom stereocenters. The van der Waals surface area contributed by atoms with Crippen molar-refractivity contribution in [2.45, 2.75) is 19.3 Å². The van der Waals surface area contributed by atoms with Crippen LogP contribution in [0.1, 0.15) is 29.6 Å². The number of nitrogens with zero attached hydrogens (tertiary/aromatic N) is 1. The van der Waals surface area contributed by atoms with Crippen LogP contribution < -0.4 is 0 Å². The Morgan fingerprint density at radius 3 is 2.71 bits per heavy atom. The van der Waals surface area contributed by atoms with E-state index >= 15 is 0 Å². The highest BCUT2D eigenvalue weighted by Gasteiger charge is 2.55. The van der Waals surface area contributed by atoms with Crippen molar-refractivity contribution in [3.8, 4) is 0 Å².